The van der Waals surface area contributed by atoms with Crippen molar-refractivity contribution in [2.45, 2.75) is 37.1 Å². The van der Waals surface area contributed by atoms with E-state index in [4.69, 9.17) is 0 Å². The van der Waals surface area contributed by atoms with E-state index in [1.54, 1.807) is 12.3 Å². The molecule has 1 aromatic heterocycles. The van der Waals surface area contributed by atoms with Gasteiger partial charge in [0.25, 0.3) is 0 Å². The third-order valence-electron chi connectivity index (χ3n) is 5.16. The number of carbonyl (C=O) groups excluding carboxylic acids is 2. The molecule has 0 saturated carbocycles. The van der Waals surface area contributed by atoms with E-state index in [-0.39, 0.29) is 36.1 Å². The normalized spacial score (nSPS) is 17.4. The Labute approximate surface area is 169 Å². The third-order valence-corrected chi connectivity index (χ3v) is 6.58. The van der Waals surface area contributed by atoms with Gasteiger partial charge in [-0.2, -0.15) is 0 Å². The van der Waals surface area contributed by atoms with Crippen molar-refractivity contribution >= 4 is 33.3 Å². The van der Waals surface area contributed by atoms with Gasteiger partial charge in [-0.25, -0.2) is 18.1 Å². The van der Waals surface area contributed by atoms with Crippen molar-refractivity contribution in [3.63, 3.8) is 0 Å². The molecule has 0 atom stereocenters. The van der Waals surface area contributed by atoms with Gasteiger partial charge in [-0.3, -0.25) is 14.5 Å². The predicted octanol–water partition coefficient (Wildman–Crippen LogP) is 1.81. The Bertz CT molecular complexity index is 1010. The number of amides is 2. The highest BCUT2D eigenvalue weighted by atomic mass is 32.2. The van der Waals surface area contributed by atoms with Gasteiger partial charge in [0.05, 0.1) is 10.6 Å². The largest absolute Gasteiger partial charge is 0.357 e. The van der Waals surface area contributed by atoms with E-state index >= 15 is 0 Å². The van der Waals surface area contributed by atoms with Crippen LogP contribution in [0.4, 0.5) is 11.5 Å². The van der Waals surface area contributed by atoms with Gasteiger partial charge in [-0.05, 0) is 54.8 Å². The number of carbonyl (C=O) groups is 2. The molecule has 4 rings (SSSR count). The van der Waals surface area contributed by atoms with Gasteiger partial charge >= 0.3 is 0 Å². The van der Waals surface area contributed by atoms with Crippen molar-refractivity contribution in [2.24, 2.45) is 0 Å². The minimum Gasteiger partial charge on any atom is -0.357 e. The first-order valence-corrected chi connectivity index (χ1v) is 11.1. The maximum absolute atomic E-state index is 12.6. The molecule has 3 heterocycles. The van der Waals surface area contributed by atoms with Crippen LogP contribution in [0.3, 0.4) is 0 Å². The minimum absolute atomic E-state index is 0.0779. The summed E-state index contributed by atoms with van der Waals surface area (Å²) >= 11 is 0. The first-order chi connectivity index (χ1) is 13.9. The van der Waals surface area contributed by atoms with E-state index in [1.165, 1.54) is 24.3 Å². The molecule has 9 heteroatoms. The SMILES string of the molecule is O=C1CCC(=O)N1c1ccc(S(=O)(=O)NCc2ccnc(N3CCCC3)c2)cc1. The number of pyridine rings is 1. The van der Waals surface area contributed by atoms with Crippen molar-refractivity contribution in [3.05, 3.63) is 48.2 Å². The number of aromatic nitrogens is 1. The lowest BCUT2D eigenvalue weighted by atomic mass is 10.2. The molecule has 0 unspecified atom stereocenters. The number of anilines is 2. The Hall–Kier alpha value is -2.78. The molecule has 0 bridgehead atoms. The zero-order valence-corrected chi connectivity index (χ0v) is 16.7. The Morgan fingerprint density at radius 1 is 0.966 bits per heavy atom. The molecule has 1 N–H and O–H groups in total. The quantitative estimate of drug-likeness (QED) is 0.724. The monoisotopic (exact) mass is 414 g/mol. The van der Waals surface area contributed by atoms with Crippen molar-refractivity contribution < 1.29 is 18.0 Å². The van der Waals surface area contributed by atoms with Crippen molar-refractivity contribution in [3.8, 4) is 0 Å². The molecule has 152 valence electrons. The minimum atomic E-state index is -3.73. The molecule has 8 nitrogen and oxygen atoms in total. The van der Waals surface area contributed by atoms with Gasteiger partial charge in [0, 0.05) is 38.7 Å². The van der Waals surface area contributed by atoms with E-state index in [9.17, 15) is 18.0 Å². The molecule has 2 aromatic rings. The molecule has 29 heavy (non-hydrogen) atoms. The highest BCUT2D eigenvalue weighted by Gasteiger charge is 2.30. The number of nitrogens with one attached hydrogen (secondary N) is 1. The second-order valence-corrected chi connectivity index (χ2v) is 8.92. The summed E-state index contributed by atoms with van der Waals surface area (Å²) in [6, 6.07) is 9.45. The van der Waals surface area contributed by atoms with Crippen LogP contribution in [0, 0.1) is 0 Å². The van der Waals surface area contributed by atoms with E-state index in [2.05, 4.69) is 14.6 Å². The van der Waals surface area contributed by atoms with Crippen molar-refractivity contribution in [1.82, 2.24) is 9.71 Å². The molecular weight excluding hydrogens is 392 g/mol. The Kier molecular flexibility index (Phi) is 5.33. The van der Waals surface area contributed by atoms with Crippen LogP contribution in [0.1, 0.15) is 31.2 Å². The number of nitrogens with zero attached hydrogens (tertiary/aromatic N) is 3. The van der Waals surface area contributed by atoms with Crippen LogP contribution in [0.15, 0.2) is 47.5 Å². The average molecular weight is 414 g/mol. The fraction of sp³-hybridized carbons (Fsp3) is 0.350. The zero-order valence-electron chi connectivity index (χ0n) is 15.9. The molecule has 2 aliphatic heterocycles. The number of hydrogen-bond donors (Lipinski definition) is 1. The summed E-state index contributed by atoms with van der Waals surface area (Å²) in [5.74, 6) is 0.328. The van der Waals surface area contributed by atoms with E-state index in [1.807, 2.05) is 6.07 Å². The van der Waals surface area contributed by atoms with Crippen LogP contribution in [0.2, 0.25) is 0 Å². The number of imide groups is 1. The molecule has 0 aliphatic carbocycles. The summed E-state index contributed by atoms with van der Waals surface area (Å²) in [4.78, 5) is 31.4. The second-order valence-electron chi connectivity index (χ2n) is 7.16. The second kappa shape index (κ2) is 7.92. The van der Waals surface area contributed by atoms with Crippen LogP contribution < -0.4 is 14.5 Å². The van der Waals surface area contributed by atoms with Gasteiger partial charge in [-0.15, -0.1) is 0 Å². The fourth-order valence-corrected chi connectivity index (χ4v) is 4.61. The first-order valence-electron chi connectivity index (χ1n) is 9.59. The lowest BCUT2D eigenvalue weighted by molar-refractivity contribution is -0.121. The Morgan fingerprint density at radius 3 is 2.28 bits per heavy atom. The van der Waals surface area contributed by atoms with Crippen LogP contribution >= 0.6 is 0 Å². The lowest BCUT2D eigenvalue weighted by Gasteiger charge is -2.17. The maximum Gasteiger partial charge on any atom is 0.240 e. The highest BCUT2D eigenvalue weighted by Crippen LogP contribution is 2.24. The fourth-order valence-electron chi connectivity index (χ4n) is 3.59. The number of sulfonamides is 1. The highest BCUT2D eigenvalue weighted by molar-refractivity contribution is 7.89. The van der Waals surface area contributed by atoms with Gasteiger partial charge < -0.3 is 4.90 Å². The molecule has 2 saturated heterocycles. The number of hydrogen-bond acceptors (Lipinski definition) is 6. The molecular formula is C20H22N4O4S. The standard InChI is InChI=1S/C20H22N4O4S/c25-19-7-8-20(26)24(19)16-3-5-17(6-4-16)29(27,28)22-14-15-9-10-21-18(13-15)23-11-1-2-12-23/h3-6,9-10,13,22H,1-2,7-8,11-12,14H2. The summed E-state index contributed by atoms with van der Waals surface area (Å²) < 4.78 is 27.8. The molecule has 1 aromatic carbocycles. The smallest absolute Gasteiger partial charge is 0.240 e. The molecule has 0 radical (unpaired) electrons. The predicted molar refractivity (Wildman–Crippen MR) is 108 cm³/mol. The first kappa shape index (κ1) is 19.5. The van der Waals surface area contributed by atoms with Gasteiger partial charge in [0.15, 0.2) is 0 Å². The average Bonchev–Trinajstić information content (AvgIpc) is 3.37. The van der Waals surface area contributed by atoms with E-state index in [0.29, 0.717) is 5.69 Å². The molecule has 0 spiro atoms. The summed E-state index contributed by atoms with van der Waals surface area (Å²) in [6.45, 7) is 2.09. The third kappa shape index (κ3) is 4.15. The van der Waals surface area contributed by atoms with E-state index < -0.39 is 10.0 Å². The van der Waals surface area contributed by atoms with Crippen molar-refractivity contribution in [2.75, 3.05) is 22.9 Å². The summed E-state index contributed by atoms with van der Waals surface area (Å²) in [6.07, 6.45) is 4.35. The summed E-state index contributed by atoms with van der Waals surface area (Å²) in [5, 5.41) is 0. The Balaban J connectivity index is 1.44. The zero-order chi connectivity index (χ0) is 20.4. The van der Waals surface area contributed by atoms with Crippen molar-refractivity contribution in [1.29, 1.82) is 0 Å². The van der Waals surface area contributed by atoms with Crippen LogP contribution in [0.25, 0.3) is 0 Å². The van der Waals surface area contributed by atoms with Gasteiger partial charge in [-0.1, -0.05) is 0 Å². The Morgan fingerprint density at radius 2 is 1.62 bits per heavy atom. The van der Waals surface area contributed by atoms with Crippen LogP contribution in [-0.2, 0) is 26.2 Å². The van der Waals surface area contributed by atoms with Crippen LogP contribution in [-0.4, -0.2) is 38.3 Å². The number of benzene rings is 1. The lowest BCUT2D eigenvalue weighted by Crippen LogP contribution is -2.28. The van der Waals surface area contributed by atoms with Gasteiger partial charge in [0.1, 0.15) is 5.82 Å². The molecule has 2 fully saturated rings. The van der Waals surface area contributed by atoms with Gasteiger partial charge in [0.2, 0.25) is 21.8 Å². The summed E-state index contributed by atoms with van der Waals surface area (Å²) in [7, 11) is -3.73. The summed E-state index contributed by atoms with van der Waals surface area (Å²) in [5.41, 5.74) is 1.22. The molecule has 2 amide bonds. The maximum atomic E-state index is 12.6. The van der Waals surface area contributed by atoms with E-state index in [0.717, 1.165) is 42.2 Å². The molecule has 2 aliphatic rings. The number of rotatable bonds is 6. The van der Waals surface area contributed by atoms with Crippen LogP contribution in [0.5, 0.6) is 0 Å². The topological polar surface area (TPSA) is 99.7 Å².